The van der Waals surface area contributed by atoms with Gasteiger partial charge in [-0.15, -0.1) is 0 Å². The van der Waals surface area contributed by atoms with Crippen molar-refractivity contribution in [2.24, 2.45) is 5.92 Å². The highest BCUT2D eigenvalue weighted by Gasteiger charge is 2.47. The van der Waals surface area contributed by atoms with E-state index in [9.17, 15) is 26.4 Å². The molecule has 34 heavy (non-hydrogen) atoms. The highest BCUT2D eigenvalue weighted by Crippen LogP contribution is 2.36. The molecule has 180 valence electrons. The Hall–Kier alpha value is -3.22. The maximum Gasteiger partial charge on any atom is 0.332 e. The molecule has 2 amide bonds. The summed E-state index contributed by atoms with van der Waals surface area (Å²) in [6, 6.07) is 15.0. The second-order valence-electron chi connectivity index (χ2n) is 8.10. The van der Waals surface area contributed by atoms with Crippen molar-refractivity contribution in [3.05, 3.63) is 71.9 Å². The largest absolute Gasteiger partial charge is 0.332 e. The van der Waals surface area contributed by atoms with E-state index in [2.05, 4.69) is 4.72 Å². The van der Waals surface area contributed by atoms with Crippen molar-refractivity contribution in [2.75, 3.05) is 15.7 Å². The van der Waals surface area contributed by atoms with Gasteiger partial charge >= 0.3 is 20.4 Å². The molecule has 4 rings (SSSR count). The maximum atomic E-state index is 13.5. The van der Waals surface area contributed by atoms with Crippen LogP contribution in [0.15, 0.2) is 71.9 Å². The first-order valence-electron chi connectivity index (χ1n) is 10.5. The van der Waals surface area contributed by atoms with Gasteiger partial charge in [-0.2, -0.15) is 30.2 Å². The van der Waals surface area contributed by atoms with Gasteiger partial charge in [0.1, 0.15) is 0 Å². The Morgan fingerprint density at radius 2 is 1.35 bits per heavy atom. The molecule has 2 aromatic carbocycles. The van der Waals surface area contributed by atoms with Crippen LogP contribution in [0.4, 0.5) is 11.4 Å². The number of nitrogens with one attached hydrogen (secondary N) is 1. The fraction of sp³-hybridized carbons (Fsp3) is 0.273. The van der Waals surface area contributed by atoms with Crippen LogP contribution < -0.4 is 13.3 Å². The Bertz CT molecular complexity index is 1370. The molecule has 2 aromatic rings. The molecule has 0 spiro atoms. The lowest BCUT2D eigenvalue weighted by Gasteiger charge is -2.39. The first-order valence-corrected chi connectivity index (χ1v) is 13.3. The molecular formula is C22H24N4O6S2. The molecule has 2 aliphatic heterocycles. The molecule has 10 nitrogen and oxygen atoms in total. The van der Waals surface area contributed by atoms with E-state index in [1.807, 2.05) is 0 Å². The summed E-state index contributed by atoms with van der Waals surface area (Å²) < 4.78 is 56.5. The topological polar surface area (TPSA) is 124 Å². The number of rotatable bonds is 4. The third-order valence-electron chi connectivity index (χ3n) is 6.03. The Balaban J connectivity index is 1.75. The van der Waals surface area contributed by atoms with Gasteiger partial charge in [0.25, 0.3) is 5.91 Å². The van der Waals surface area contributed by atoms with Crippen LogP contribution in [0.3, 0.4) is 0 Å². The molecule has 0 unspecified atom stereocenters. The smallest absolute Gasteiger partial charge is 0.273 e. The van der Waals surface area contributed by atoms with Gasteiger partial charge in [0.05, 0.1) is 17.3 Å². The van der Waals surface area contributed by atoms with Crippen molar-refractivity contribution in [2.45, 2.75) is 26.3 Å². The fourth-order valence-corrected chi connectivity index (χ4v) is 7.00. The zero-order valence-electron chi connectivity index (χ0n) is 18.7. The van der Waals surface area contributed by atoms with E-state index in [0.29, 0.717) is 8.61 Å². The molecular weight excluding hydrogens is 480 g/mol. The number of allylic oxidation sites excluding steroid dienone is 1. The summed E-state index contributed by atoms with van der Waals surface area (Å²) in [6.07, 6.45) is -0.153. The molecule has 0 bridgehead atoms. The first-order chi connectivity index (χ1) is 16.0. The van der Waals surface area contributed by atoms with E-state index < -0.39 is 44.2 Å². The summed E-state index contributed by atoms with van der Waals surface area (Å²) in [7, 11) is -6.99. The molecule has 12 heteroatoms. The minimum absolute atomic E-state index is 0.112. The molecule has 2 heterocycles. The Morgan fingerprint density at radius 1 is 0.853 bits per heavy atom. The Morgan fingerprint density at radius 3 is 1.88 bits per heavy atom. The summed E-state index contributed by atoms with van der Waals surface area (Å²) in [5.74, 6) is -2.42. The zero-order chi connectivity index (χ0) is 24.8. The number of anilines is 2. The van der Waals surface area contributed by atoms with Gasteiger partial charge < -0.3 is 0 Å². The van der Waals surface area contributed by atoms with E-state index in [1.54, 1.807) is 43.3 Å². The lowest BCUT2D eigenvalue weighted by atomic mass is 9.90. The first kappa shape index (κ1) is 23.9. The van der Waals surface area contributed by atoms with Gasteiger partial charge in [0.15, 0.2) is 0 Å². The van der Waals surface area contributed by atoms with E-state index in [-0.39, 0.29) is 29.1 Å². The van der Waals surface area contributed by atoms with Crippen molar-refractivity contribution in [3.63, 3.8) is 0 Å². The highest BCUT2D eigenvalue weighted by molar-refractivity contribution is 7.92. The summed E-state index contributed by atoms with van der Waals surface area (Å²) in [4.78, 5) is 26.9. The Kier molecular flexibility index (Phi) is 6.00. The fourth-order valence-electron chi connectivity index (χ4n) is 4.08. The second kappa shape index (κ2) is 8.53. The predicted molar refractivity (Wildman–Crippen MR) is 127 cm³/mol. The highest BCUT2D eigenvalue weighted by atomic mass is 32.2. The van der Waals surface area contributed by atoms with Crippen LogP contribution in [0, 0.1) is 5.92 Å². The summed E-state index contributed by atoms with van der Waals surface area (Å²) >= 11 is 0. The predicted octanol–water partition coefficient (Wildman–Crippen LogP) is 1.76. The Labute approximate surface area is 198 Å². The number of carbonyl (C=O) groups excluding carboxylic acids is 2. The number of carbonyl (C=O) groups is 2. The van der Waals surface area contributed by atoms with E-state index >= 15 is 0 Å². The normalized spacial score (nSPS) is 24.5. The third-order valence-corrected chi connectivity index (χ3v) is 9.38. The van der Waals surface area contributed by atoms with Crippen LogP contribution in [0.2, 0.25) is 0 Å². The maximum absolute atomic E-state index is 13.5. The van der Waals surface area contributed by atoms with Crippen LogP contribution in [-0.2, 0) is 30.0 Å². The van der Waals surface area contributed by atoms with Crippen molar-refractivity contribution in [1.29, 1.82) is 0 Å². The average Bonchev–Trinajstić information content (AvgIpc) is 2.78. The van der Waals surface area contributed by atoms with Gasteiger partial charge in [-0.3, -0.25) is 13.9 Å². The van der Waals surface area contributed by atoms with E-state index in [0.717, 1.165) is 4.31 Å². The molecule has 1 fully saturated rings. The van der Waals surface area contributed by atoms with Gasteiger partial charge in [0.2, 0.25) is 5.91 Å². The molecule has 0 radical (unpaired) electrons. The summed E-state index contributed by atoms with van der Waals surface area (Å²) in [5.41, 5.74) is 0.625. The molecule has 2 aliphatic rings. The quantitative estimate of drug-likeness (QED) is 0.677. The van der Waals surface area contributed by atoms with Crippen LogP contribution in [0.1, 0.15) is 20.3 Å². The lowest BCUT2D eigenvalue weighted by molar-refractivity contribution is -0.122. The summed E-state index contributed by atoms with van der Waals surface area (Å²) in [5, 5.41) is 0. The summed E-state index contributed by atoms with van der Waals surface area (Å²) in [6.45, 7) is 3.03. The van der Waals surface area contributed by atoms with Gasteiger partial charge in [-0.25, -0.2) is 0 Å². The molecule has 2 atom stereocenters. The van der Waals surface area contributed by atoms with Gasteiger partial charge in [-0.1, -0.05) is 36.4 Å². The zero-order valence-corrected chi connectivity index (χ0v) is 20.4. The van der Waals surface area contributed by atoms with Crippen molar-refractivity contribution < 1.29 is 26.4 Å². The van der Waals surface area contributed by atoms with Crippen LogP contribution in [-0.4, -0.2) is 46.0 Å². The van der Waals surface area contributed by atoms with Gasteiger partial charge in [0, 0.05) is 24.4 Å². The second-order valence-corrected chi connectivity index (χ2v) is 11.5. The molecule has 0 aliphatic carbocycles. The van der Waals surface area contributed by atoms with Crippen LogP contribution in [0.25, 0.3) is 0 Å². The number of para-hydroxylation sites is 2. The molecule has 0 aromatic heterocycles. The third kappa shape index (κ3) is 3.87. The van der Waals surface area contributed by atoms with Crippen molar-refractivity contribution in [3.8, 4) is 0 Å². The van der Waals surface area contributed by atoms with Crippen LogP contribution >= 0.6 is 0 Å². The van der Waals surface area contributed by atoms with Crippen molar-refractivity contribution >= 4 is 43.6 Å². The average molecular weight is 505 g/mol. The number of hydrogen-bond donors (Lipinski definition) is 1. The van der Waals surface area contributed by atoms with Crippen molar-refractivity contribution in [1.82, 2.24) is 9.03 Å². The standard InChI is InChI=1S/C22H24N4O6S2/c1-15-19(21(27)25(33(29,30)23-15)17-10-6-4-7-11-17)14-20-16(2)24(3)34(31,32)26(22(20)28)18-12-8-5-9-13-18/h4-13,15,19,23H,14H2,1-3H3/t15-,19+/m0/s1. The number of hydrogen-bond acceptors (Lipinski definition) is 6. The molecule has 1 saturated heterocycles. The minimum Gasteiger partial charge on any atom is -0.273 e. The van der Waals surface area contributed by atoms with E-state index in [4.69, 9.17) is 0 Å². The number of benzene rings is 2. The molecule has 1 N–H and O–H groups in total. The number of amides is 2. The van der Waals surface area contributed by atoms with Gasteiger partial charge in [-0.05, 0) is 44.5 Å². The number of nitrogens with zero attached hydrogens (tertiary/aromatic N) is 3. The SMILES string of the molecule is CC1=C(C[C@H]2C(=O)N(c3ccccc3)S(=O)(=O)N[C@H]2C)C(=O)N(c2ccccc2)S(=O)(=O)N1C. The van der Waals surface area contributed by atoms with Crippen LogP contribution in [0.5, 0.6) is 0 Å². The minimum atomic E-state index is -4.17. The monoisotopic (exact) mass is 504 g/mol. The molecule has 0 saturated carbocycles. The van der Waals surface area contributed by atoms with E-state index in [1.165, 1.54) is 38.2 Å². The lowest BCUT2D eigenvalue weighted by Crippen LogP contribution is -2.60.